The Labute approximate surface area is 105 Å². The highest BCUT2D eigenvalue weighted by Crippen LogP contribution is 2.21. The number of hydrogen-bond donors (Lipinski definition) is 0. The Hall–Kier alpha value is -1.55. The Morgan fingerprint density at radius 1 is 1.35 bits per heavy atom. The van der Waals surface area contributed by atoms with Crippen molar-refractivity contribution in [1.29, 1.82) is 0 Å². The highest BCUT2D eigenvalue weighted by Gasteiger charge is 2.21. The Kier molecular flexibility index (Phi) is 3.64. The first-order valence-electron chi connectivity index (χ1n) is 5.26. The summed E-state index contributed by atoms with van der Waals surface area (Å²) in [5.74, 6) is 0.536. The van der Waals surface area contributed by atoms with Crippen molar-refractivity contribution in [3.8, 4) is 0 Å². The number of aliphatic imine (C=N–C) groups is 1. The number of ether oxygens (including phenoxy) is 1. The summed E-state index contributed by atoms with van der Waals surface area (Å²) in [6, 6.07) is 8.09. The van der Waals surface area contributed by atoms with Gasteiger partial charge >= 0.3 is 0 Å². The van der Waals surface area contributed by atoms with Crippen molar-refractivity contribution in [1.82, 2.24) is 0 Å². The van der Waals surface area contributed by atoms with Crippen LogP contribution in [-0.4, -0.2) is 24.5 Å². The molecule has 0 bridgehead atoms. The van der Waals surface area contributed by atoms with Crippen LogP contribution in [0.4, 0.5) is 0 Å². The Morgan fingerprint density at radius 2 is 2.06 bits per heavy atom. The van der Waals surface area contributed by atoms with Crippen LogP contribution in [0.1, 0.15) is 12.5 Å². The summed E-state index contributed by atoms with van der Waals surface area (Å²) in [4.78, 5) is 16.2. The van der Waals surface area contributed by atoms with Gasteiger partial charge in [-0.25, -0.2) is 4.99 Å². The van der Waals surface area contributed by atoms with Crippen molar-refractivity contribution in [2.75, 3.05) is 6.26 Å². The van der Waals surface area contributed by atoms with Crippen LogP contribution in [-0.2, 0) is 9.53 Å². The van der Waals surface area contributed by atoms with Crippen LogP contribution in [0.3, 0.4) is 0 Å². The molecule has 1 heterocycles. The van der Waals surface area contributed by atoms with Gasteiger partial charge in [-0.05, 0) is 30.0 Å². The van der Waals surface area contributed by atoms with Gasteiger partial charge in [0.15, 0.2) is 18.3 Å². The minimum absolute atomic E-state index is 0.536. The fraction of sp³-hybridized carbons (Fsp3) is 0.231. The van der Waals surface area contributed by atoms with Crippen LogP contribution in [0.5, 0.6) is 0 Å². The molecule has 0 aromatic heterocycles. The average molecular weight is 247 g/mol. The molecule has 1 aromatic rings. The zero-order valence-corrected chi connectivity index (χ0v) is 10.5. The fourth-order valence-electron chi connectivity index (χ4n) is 1.60. The minimum Gasteiger partial charge on any atom is -0.464 e. The molecule has 0 spiro atoms. The smallest absolute Gasteiger partial charge is 0.197 e. The van der Waals surface area contributed by atoms with Crippen molar-refractivity contribution in [3.63, 3.8) is 0 Å². The van der Waals surface area contributed by atoms with Crippen molar-refractivity contribution in [3.05, 3.63) is 35.5 Å². The van der Waals surface area contributed by atoms with E-state index in [0.29, 0.717) is 11.6 Å². The van der Waals surface area contributed by atoms with Gasteiger partial charge in [-0.3, -0.25) is 4.79 Å². The van der Waals surface area contributed by atoms with Gasteiger partial charge in [-0.1, -0.05) is 12.1 Å². The zero-order chi connectivity index (χ0) is 12.3. The lowest BCUT2D eigenvalue weighted by Gasteiger charge is -2.03. The average Bonchev–Trinajstić information content (AvgIpc) is 2.70. The minimum atomic E-state index is -0.560. The molecule has 1 aliphatic rings. The summed E-state index contributed by atoms with van der Waals surface area (Å²) in [6.07, 6.45) is 4.12. The van der Waals surface area contributed by atoms with E-state index in [1.54, 1.807) is 18.7 Å². The van der Waals surface area contributed by atoms with E-state index in [9.17, 15) is 4.79 Å². The van der Waals surface area contributed by atoms with Gasteiger partial charge in [0, 0.05) is 11.8 Å². The number of nitrogens with zero attached hydrogens (tertiary/aromatic N) is 1. The molecule has 3 nitrogen and oxygen atoms in total. The van der Waals surface area contributed by atoms with E-state index in [4.69, 9.17) is 4.74 Å². The lowest BCUT2D eigenvalue weighted by molar-refractivity contribution is -0.112. The van der Waals surface area contributed by atoms with Crippen molar-refractivity contribution < 1.29 is 9.53 Å². The highest BCUT2D eigenvalue weighted by atomic mass is 32.2. The van der Waals surface area contributed by atoms with Gasteiger partial charge in [0.1, 0.15) is 0 Å². The van der Waals surface area contributed by atoms with E-state index in [1.807, 2.05) is 36.6 Å². The molecular formula is C13H13NO2S. The van der Waals surface area contributed by atoms with Crippen LogP contribution in [0.25, 0.3) is 6.08 Å². The van der Waals surface area contributed by atoms with E-state index in [-0.39, 0.29) is 0 Å². The van der Waals surface area contributed by atoms with E-state index in [0.717, 1.165) is 11.8 Å². The molecule has 4 heteroatoms. The molecule has 0 radical (unpaired) electrons. The maximum absolute atomic E-state index is 10.8. The quantitative estimate of drug-likeness (QED) is 0.609. The number of rotatable bonds is 3. The van der Waals surface area contributed by atoms with Gasteiger partial charge < -0.3 is 4.74 Å². The molecule has 0 N–H and O–H groups in total. The predicted molar refractivity (Wildman–Crippen MR) is 70.2 cm³/mol. The zero-order valence-electron chi connectivity index (χ0n) is 9.71. The van der Waals surface area contributed by atoms with Crippen LogP contribution < -0.4 is 0 Å². The van der Waals surface area contributed by atoms with Gasteiger partial charge in [-0.15, -0.1) is 11.8 Å². The van der Waals surface area contributed by atoms with E-state index < -0.39 is 6.10 Å². The second kappa shape index (κ2) is 5.19. The highest BCUT2D eigenvalue weighted by molar-refractivity contribution is 7.98. The first-order valence-corrected chi connectivity index (χ1v) is 6.48. The summed E-state index contributed by atoms with van der Waals surface area (Å²) in [5.41, 5.74) is 1.68. The van der Waals surface area contributed by atoms with Crippen molar-refractivity contribution in [2.45, 2.75) is 17.9 Å². The third-order valence-corrected chi connectivity index (χ3v) is 3.17. The molecule has 0 fully saturated rings. The maximum atomic E-state index is 10.8. The molecule has 0 aliphatic carbocycles. The number of hydrogen-bond acceptors (Lipinski definition) is 4. The molecule has 0 saturated heterocycles. The summed E-state index contributed by atoms with van der Waals surface area (Å²) in [7, 11) is 0. The van der Waals surface area contributed by atoms with Crippen LogP contribution in [0.15, 0.2) is 39.9 Å². The maximum Gasteiger partial charge on any atom is 0.197 e. The monoisotopic (exact) mass is 247 g/mol. The standard InChI is InChI=1S/C13H13NO2S/c1-9-14-12(13(8-15)16-9)7-10-3-5-11(17-2)6-4-10/h3-8,13H,1-2H3/b12-7-. The molecule has 2 rings (SSSR count). The summed E-state index contributed by atoms with van der Waals surface area (Å²) < 4.78 is 5.25. The number of benzene rings is 1. The molecule has 17 heavy (non-hydrogen) atoms. The van der Waals surface area contributed by atoms with Crippen molar-refractivity contribution >= 4 is 30.0 Å². The third kappa shape index (κ3) is 2.77. The van der Waals surface area contributed by atoms with Crippen molar-refractivity contribution in [2.24, 2.45) is 4.99 Å². The Morgan fingerprint density at radius 3 is 2.65 bits per heavy atom. The lowest BCUT2D eigenvalue weighted by atomic mass is 10.1. The first-order chi connectivity index (χ1) is 8.22. The third-order valence-electron chi connectivity index (χ3n) is 2.43. The summed E-state index contributed by atoms with van der Waals surface area (Å²) >= 11 is 1.70. The van der Waals surface area contributed by atoms with Crippen LogP contribution in [0.2, 0.25) is 0 Å². The van der Waals surface area contributed by atoms with Gasteiger partial charge in [0.2, 0.25) is 0 Å². The van der Waals surface area contributed by atoms with E-state index in [1.165, 1.54) is 4.90 Å². The molecule has 1 unspecified atom stereocenters. The Balaban J connectivity index is 2.25. The van der Waals surface area contributed by atoms with Crippen LogP contribution in [0, 0.1) is 0 Å². The lowest BCUT2D eigenvalue weighted by Crippen LogP contribution is -2.11. The SMILES string of the molecule is CSc1ccc(/C=C2\N=C(C)OC2C=O)cc1. The largest absolute Gasteiger partial charge is 0.464 e. The number of aldehydes is 1. The molecule has 1 aliphatic heterocycles. The van der Waals surface area contributed by atoms with Crippen LogP contribution >= 0.6 is 11.8 Å². The molecule has 0 saturated carbocycles. The number of carbonyl (C=O) groups is 1. The normalized spacial score (nSPS) is 21.2. The summed E-state index contributed by atoms with van der Waals surface area (Å²) in [6.45, 7) is 1.74. The number of carbonyl (C=O) groups excluding carboxylic acids is 1. The second-order valence-corrected chi connectivity index (χ2v) is 4.53. The van der Waals surface area contributed by atoms with Gasteiger partial charge in [0.25, 0.3) is 0 Å². The van der Waals surface area contributed by atoms with Gasteiger partial charge in [-0.2, -0.15) is 0 Å². The molecule has 1 atom stereocenters. The molecular weight excluding hydrogens is 234 g/mol. The second-order valence-electron chi connectivity index (χ2n) is 3.65. The predicted octanol–water partition coefficient (Wildman–Crippen LogP) is 2.77. The van der Waals surface area contributed by atoms with Gasteiger partial charge in [0.05, 0.1) is 5.70 Å². The van der Waals surface area contributed by atoms with E-state index in [2.05, 4.69) is 4.99 Å². The fourth-order valence-corrected chi connectivity index (χ4v) is 2.01. The molecule has 0 amide bonds. The Bertz CT molecular complexity index is 477. The topological polar surface area (TPSA) is 38.7 Å². The van der Waals surface area contributed by atoms with E-state index >= 15 is 0 Å². The molecule has 88 valence electrons. The summed E-state index contributed by atoms with van der Waals surface area (Å²) in [5, 5.41) is 0. The molecule has 1 aromatic carbocycles. The first kappa shape index (κ1) is 11.9. The number of thioether (sulfide) groups is 1.